The van der Waals surface area contributed by atoms with Crippen LogP contribution < -0.4 is 10.6 Å². The molecule has 0 bridgehead atoms. The molecule has 1 aromatic carbocycles. The lowest BCUT2D eigenvalue weighted by molar-refractivity contribution is -0.137. The van der Waals surface area contributed by atoms with Gasteiger partial charge in [0.05, 0.1) is 28.0 Å². The Morgan fingerprint density at radius 1 is 1.18 bits per heavy atom. The number of piperidine rings is 1. The van der Waals surface area contributed by atoms with Gasteiger partial charge in [0.1, 0.15) is 0 Å². The first-order valence-electron chi connectivity index (χ1n) is 11.1. The number of alkyl halides is 3. The van der Waals surface area contributed by atoms with Gasteiger partial charge in [0.2, 0.25) is 5.91 Å². The summed E-state index contributed by atoms with van der Waals surface area (Å²) in [4.78, 5) is 29.4. The van der Waals surface area contributed by atoms with Gasteiger partial charge in [-0.05, 0) is 66.8 Å². The van der Waals surface area contributed by atoms with Crippen LogP contribution in [0.5, 0.6) is 0 Å². The smallest absolute Gasteiger partial charge is 0.370 e. The Hall–Kier alpha value is -3.06. The Labute approximate surface area is 199 Å². The summed E-state index contributed by atoms with van der Waals surface area (Å²) in [6, 6.07) is 7.14. The largest absolute Gasteiger partial charge is 0.417 e. The van der Waals surface area contributed by atoms with Crippen LogP contribution in [0.25, 0.3) is 0 Å². The Kier molecular flexibility index (Phi) is 6.58. The van der Waals surface area contributed by atoms with Gasteiger partial charge in [0, 0.05) is 31.9 Å². The van der Waals surface area contributed by atoms with Crippen molar-refractivity contribution >= 4 is 28.8 Å². The lowest BCUT2D eigenvalue weighted by Crippen LogP contribution is -2.42. The molecule has 2 aliphatic rings. The average Bonchev–Trinajstić information content (AvgIpc) is 3.44. The molecule has 2 fully saturated rings. The van der Waals surface area contributed by atoms with Crippen molar-refractivity contribution in [1.29, 1.82) is 5.26 Å². The van der Waals surface area contributed by atoms with E-state index in [9.17, 15) is 22.8 Å². The third-order valence-electron chi connectivity index (χ3n) is 7.01. The van der Waals surface area contributed by atoms with Crippen molar-refractivity contribution in [3.8, 4) is 6.07 Å². The van der Waals surface area contributed by atoms with Crippen LogP contribution >= 0.6 is 11.3 Å². The van der Waals surface area contributed by atoms with Crippen molar-refractivity contribution in [2.24, 2.45) is 23.5 Å². The van der Waals surface area contributed by atoms with Gasteiger partial charge in [-0.25, -0.2) is 0 Å². The normalized spacial score (nSPS) is 21.5. The van der Waals surface area contributed by atoms with Gasteiger partial charge < -0.3 is 15.5 Å². The van der Waals surface area contributed by atoms with E-state index in [4.69, 9.17) is 11.0 Å². The van der Waals surface area contributed by atoms with Gasteiger partial charge in [0.15, 0.2) is 0 Å². The molecule has 0 spiro atoms. The van der Waals surface area contributed by atoms with Crippen molar-refractivity contribution in [3.63, 3.8) is 0 Å². The van der Waals surface area contributed by atoms with Crippen LogP contribution in [0.15, 0.2) is 29.6 Å². The lowest BCUT2D eigenvalue weighted by Gasteiger charge is -2.36. The number of primary amides is 1. The maximum atomic E-state index is 13.4. The molecule has 1 aromatic heterocycles. The zero-order valence-electron chi connectivity index (χ0n) is 18.6. The molecule has 0 saturated carbocycles. The number of thiophene rings is 1. The van der Waals surface area contributed by atoms with Crippen molar-refractivity contribution in [2.45, 2.75) is 25.9 Å². The number of hydrogen-bond donors (Lipinski definition) is 1. The number of anilines is 1. The minimum atomic E-state index is -4.65. The fraction of sp³-hybridized carbons (Fsp3) is 0.458. The van der Waals surface area contributed by atoms with E-state index in [-0.39, 0.29) is 24.3 Å². The predicted octanol–water partition coefficient (Wildman–Crippen LogP) is 4.04. The zero-order valence-corrected chi connectivity index (χ0v) is 19.5. The van der Waals surface area contributed by atoms with Crippen LogP contribution in [-0.2, 0) is 11.0 Å². The minimum Gasteiger partial charge on any atom is -0.370 e. The van der Waals surface area contributed by atoms with Crippen LogP contribution in [0.4, 0.5) is 18.9 Å². The Morgan fingerprint density at radius 2 is 1.88 bits per heavy atom. The molecule has 2 N–H and O–H groups in total. The maximum Gasteiger partial charge on any atom is 0.417 e. The second-order valence-electron chi connectivity index (χ2n) is 8.98. The first-order valence-corrected chi connectivity index (χ1v) is 12.0. The molecule has 180 valence electrons. The second kappa shape index (κ2) is 9.29. The van der Waals surface area contributed by atoms with Crippen LogP contribution in [0, 0.1) is 36.0 Å². The van der Waals surface area contributed by atoms with Crippen LogP contribution in [0.2, 0.25) is 0 Å². The Bertz CT molecular complexity index is 1130. The number of carbonyl (C=O) groups is 2. The summed E-state index contributed by atoms with van der Waals surface area (Å²) in [5.74, 6) is -0.913. The first-order chi connectivity index (χ1) is 16.1. The summed E-state index contributed by atoms with van der Waals surface area (Å²) in [5.41, 5.74) is 5.54. The molecule has 6 nitrogen and oxygen atoms in total. The molecule has 2 amide bonds. The van der Waals surface area contributed by atoms with Crippen molar-refractivity contribution in [1.82, 2.24) is 4.90 Å². The van der Waals surface area contributed by atoms with E-state index in [1.807, 2.05) is 23.3 Å². The van der Waals surface area contributed by atoms with Gasteiger partial charge in [-0.3, -0.25) is 9.59 Å². The molecular weight excluding hydrogens is 465 g/mol. The minimum absolute atomic E-state index is 0.0164. The van der Waals surface area contributed by atoms with Crippen molar-refractivity contribution < 1.29 is 22.8 Å². The first kappa shape index (κ1) is 24.1. The third-order valence-corrected chi connectivity index (χ3v) is 8.02. The number of amides is 2. The molecule has 2 aromatic rings. The predicted molar refractivity (Wildman–Crippen MR) is 122 cm³/mol. The quantitative estimate of drug-likeness (QED) is 0.701. The second-order valence-corrected chi connectivity index (χ2v) is 9.90. The highest BCUT2D eigenvalue weighted by atomic mass is 32.1. The SMILES string of the molecule is Cc1ccsc1C(=O)N1CCC([C@@H]2CN(c3ccc(C#N)c(C(F)(F)F)c3)C[C@H]2C(N)=O)CC1. The molecule has 0 unspecified atom stereocenters. The molecular formula is C24H25F3N4O2S. The lowest BCUT2D eigenvalue weighted by atomic mass is 9.78. The zero-order chi connectivity index (χ0) is 24.6. The Balaban J connectivity index is 1.49. The third kappa shape index (κ3) is 4.62. The monoisotopic (exact) mass is 490 g/mol. The standard InChI is InChI=1S/C24H25F3N4O2S/c1-14-6-9-34-21(14)23(33)30-7-4-15(5-8-30)18-12-31(13-19(18)22(29)32)17-3-2-16(11-28)20(10-17)24(25,26)27/h2-3,6,9-10,15,18-19H,4-5,7-8,12-13H2,1H3,(H2,29,32)/t18-,19+/m0/s1. The maximum absolute atomic E-state index is 13.4. The number of halogens is 3. The summed E-state index contributed by atoms with van der Waals surface area (Å²) >= 11 is 1.43. The summed E-state index contributed by atoms with van der Waals surface area (Å²) < 4.78 is 40.3. The summed E-state index contributed by atoms with van der Waals surface area (Å²) in [6.45, 7) is 3.68. The summed E-state index contributed by atoms with van der Waals surface area (Å²) in [5, 5.41) is 10.9. The van der Waals surface area contributed by atoms with E-state index < -0.39 is 29.1 Å². The number of rotatable bonds is 4. The van der Waals surface area contributed by atoms with E-state index in [1.165, 1.54) is 23.5 Å². The van der Waals surface area contributed by atoms with E-state index in [1.54, 1.807) is 11.0 Å². The number of likely N-dealkylation sites (tertiary alicyclic amines) is 1. The molecule has 2 aliphatic heterocycles. The van der Waals surface area contributed by atoms with Gasteiger partial charge in [-0.1, -0.05) is 0 Å². The molecule has 2 saturated heterocycles. The van der Waals surface area contributed by atoms with E-state index in [0.29, 0.717) is 38.2 Å². The fourth-order valence-electron chi connectivity index (χ4n) is 5.15. The van der Waals surface area contributed by atoms with E-state index in [2.05, 4.69) is 0 Å². The van der Waals surface area contributed by atoms with Crippen LogP contribution in [-0.4, -0.2) is 42.9 Å². The molecule has 0 radical (unpaired) electrons. The van der Waals surface area contributed by atoms with Crippen molar-refractivity contribution in [3.05, 3.63) is 51.2 Å². The summed E-state index contributed by atoms with van der Waals surface area (Å²) in [6.07, 6.45) is -3.23. The molecule has 2 atom stereocenters. The van der Waals surface area contributed by atoms with Gasteiger partial charge in [-0.15, -0.1) is 11.3 Å². The van der Waals surface area contributed by atoms with Gasteiger partial charge in [0.25, 0.3) is 5.91 Å². The molecule has 10 heteroatoms. The van der Waals surface area contributed by atoms with Crippen LogP contribution in [0.3, 0.4) is 0 Å². The van der Waals surface area contributed by atoms with Gasteiger partial charge in [-0.2, -0.15) is 18.4 Å². The number of aryl methyl sites for hydroxylation is 1. The number of nitrogens with two attached hydrogens (primary N) is 1. The van der Waals surface area contributed by atoms with Crippen LogP contribution in [0.1, 0.15) is 39.2 Å². The van der Waals surface area contributed by atoms with E-state index >= 15 is 0 Å². The number of nitriles is 1. The highest BCUT2D eigenvalue weighted by molar-refractivity contribution is 7.12. The number of carbonyl (C=O) groups excluding carboxylic acids is 2. The average molecular weight is 491 g/mol. The number of nitrogens with zero attached hydrogens (tertiary/aromatic N) is 3. The Morgan fingerprint density at radius 3 is 2.44 bits per heavy atom. The number of benzene rings is 1. The van der Waals surface area contributed by atoms with Crippen molar-refractivity contribution in [2.75, 3.05) is 31.1 Å². The molecule has 4 rings (SSSR count). The fourth-order valence-corrected chi connectivity index (χ4v) is 6.04. The highest BCUT2D eigenvalue weighted by Gasteiger charge is 2.43. The topological polar surface area (TPSA) is 90.4 Å². The van der Waals surface area contributed by atoms with Gasteiger partial charge >= 0.3 is 6.18 Å². The highest BCUT2D eigenvalue weighted by Crippen LogP contribution is 2.40. The van der Waals surface area contributed by atoms with E-state index in [0.717, 1.165) is 16.5 Å². The number of hydrogen-bond acceptors (Lipinski definition) is 5. The summed E-state index contributed by atoms with van der Waals surface area (Å²) in [7, 11) is 0. The molecule has 3 heterocycles. The molecule has 0 aliphatic carbocycles. The molecule has 34 heavy (non-hydrogen) atoms.